The Bertz CT molecular complexity index is 664. The number of aryl methyl sites for hydroxylation is 1. The third-order valence-corrected chi connectivity index (χ3v) is 4.28. The number of rotatable bonds is 3. The Morgan fingerprint density at radius 3 is 2.85 bits per heavy atom. The van der Waals surface area contributed by atoms with Gasteiger partial charge < -0.3 is 10.0 Å². The molecule has 1 N–H and O–H groups in total. The van der Waals surface area contributed by atoms with E-state index in [1.165, 1.54) is 0 Å². The van der Waals surface area contributed by atoms with Crippen LogP contribution in [0, 0.1) is 0 Å². The lowest BCUT2D eigenvalue weighted by Gasteiger charge is -2.29. The van der Waals surface area contributed by atoms with Gasteiger partial charge in [-0.2, -0.15) is 0 Å². The number of fused-ring (bicyclic) bond motifs is 1. The van der Waals surface area contributed by atoms with E-state index >= 15 is 0 Å². The monoisotopic (exact) mass is 287 g/mol. The van der Waals surface area contributed by atoms with Crippen molar-refractivity contribution in [3.05, 3.63) is 51.7 Å². The second-order valence-corrected chi connectivity index (χ2v) is 5.74. The average molecular weight is 287 g/mol. The van der Waals surface area contributed by atoms with Crippen molar-refractivity contribution in [3.63, 3.8) is 0 Å². The minimum Gasteiger partial charge on any atom is -0.478 e. The van der Waals surface area contributed by atoms with Crippen LogP contribution in [0.15, 0.2) is 35.7 Å². The van der Waals surface area contributed by atoms with Crippen LogP contribution in [0.5, 0.6) is 0 Å². The first-order valence-electron chi connectivity index (χ1n) is 6.34. The summed E-state index contributed by atoms with van der Waals surface area (Å²) in [5, 5.41) is 11.0. The van der Waals surface area contributed by atoms with E-state index in [2.05, 4.69) is 0 Å². The maximum absolute atomic E-state index is 12.1. The summed E-state index contributed by atoms with van der Waals surface area (Å²) < 4.78 is 0. The van der Waals surface area contributed by atoms with Crippen LogP contribution in [0.1, 0.15) is 27.2 Å². The van der Waals surface area contributed by atoms with Crippen LogP contribution in [0.3, 0.4) is 0 Å². The Labute approximate surface area is 120 Å². The Morgan fingerprint density at radius 2 is 2.15 bits per heavy atom. The molecule has 1 aromatic carbocycles. The van der Waals surface area contributed by atoms with Crippen molar-refractivity contribution in [2.45, 2.75) is 19.4 Å². The summed E-state index contributed by atoms with van der Waals surface area (Å²) in [7, 11) is 0. The van der Waals surface area contributed by atoms with Crippen molar-refractivity contribution in [2.24, 2.45) is 0 Å². The minimum atomic E-state index is -0.936. The fourth-order valence-corrected chi connectivity index (χ4v) is 3.12. The number of aromatic carboxylic acids is 1. The molecule has 20 heavy (non-hydrogen) atoms. The van der Waals surface area contributed by atoms with Crippen LogP contribution in [-0.4, -0.2) is 17.0 Å². The first-order chi connectivity index (χ1) is 9.65. The highest BCUT2D eigenvalue weighted by Crippen LogP contribution is 2.30. The van der Waals surface area contributed by atoms with Crippen molar-refractivity contribution in [3.8, 4) is 0 Å². The predicted molar refractivity (Wildman–Crippen MR) is 77.2 cm³/mol. The molecule has 2 heterocycles. The van der Waals surface area contributed by atoms with E-state index in [1.54, 1.807) is 34.4 Å². The zero-order valence-electron chi connectivity index (χ0n) is 10.7. The Kier molecular flexibility index (Phi) is 3.28. The number of hydrogen-bond donors (Lipinski definition) is 1. The Morgan fingerprint density at radius 1 is 1.30 bits per heavy atom. The van der Waals surface area contributed by atoms with Crippen LogP contribution in [0.25, 0.3) is 0 Å². The number of carboxylic acids is 1. The molecule has 1 aliphatic rings. The van der Waals surface area contributed by atoms with Gasteiger partial charge in [0, 0.05) is 17.0 Å². The molecule has 1 aliphatic heterocycles. The standard InChI is InChI=1S/C15H13NO3S/c17-14-6-4-10-8-11(15(18)19)3-5-13(10)16(14)9-12-2-1-7-20-12/h1-3,5,7-8H,4,6,9H2,(H,18,19). The van der Waals surface area contributed by atoms with Crippen LogP contribution >= 0.6 is 11.3 Å². The number of thiophene rings is 1. The third kappa shape index (κ3) is 2.32. The summed E-state index contributed by atoms with van der Waals surface area (Å²) in [4.78, 5) is 26.0. The summed E-state index contributed by atoms with van der Waals surface area (Å²) in [6.45, 7) is 0.552. The van der Waals surface area contributed by atoms with Gasteiger partial charge in [-0.05, 0) is 41.6 Å². The normalized spacial score (nSPS) is 14.2. The van der Waals surface area contributed by atoms with Gasteiger partial charge >= 0.3 is 5.97 Å². The van der Waals surface area contributed by atoms with Gasteiger partial charge in [0.05, 0.1) is 12.1 Å². The van der Waals surface area contributed by atoms with Crippen molar-refractivity contribution in [1.29, 1.82) is 0 Å². The molecule has 0 radical (unpaired) electrons. The van der Waals surface area contributed by atoms with E-state index in [4.69, 9.17) is 5.11 Å². The van der Waals surface area contributed by atoms with Gasteiger partial charge in [-0.15, -0.1) is 11.3 Å². The lowest BCUT2D eigenvalue weighted by molar-refractivity contribution is -0.119. The molecule has 5 heteroatoms. The molecule has 1 aromatic heterocycles. The van der Waals surface area contributed by atoms with Gasteiger partial charge in [-0.25, -0.2) is 4.79 Å². The van der Waals surface area contributed by atoms with Crippen LogP contribution in [0.2, 0.25) is 0 Å². The van der Waals surface area contributed by atoms with E-state index in [-0.39, 0.29) is 11.5 Å². The quantitative estimate of drug-likeness (QED) is 0.944. The van der Waals surface area contributed by atoms with Gasteiger partial charge in [-0.1, -0.05) is 6.07 Å². The van der Waals surface area contributed by atoms with Crippen molar-refractivity contribution < 1.29 is 14.7 Å². The van der Waals surface area contributed by atoms with Gasteiger partial charge in [0.1, 0.15) is 0 Å². The molecule has 0 saturated carbocycles. The SMILES string of the molecule is O=C(O)c1ccc2c(c1)CCC(=O)N2Cc1cccs1. The van der Waals surface area contributed by atoms with Crippen LogP contribution in [-0.2, 0) is 17.8 Å². The maximum atomic E-state index is 12.1. The molecule has 0 bridgehead atoms. The number of benzene rings is 1. The molecular weight excluding hydrogens is 274 g/mol. The zero-order chi connectivity index (χ0) is 14.1. The molecule has 3 rings (SSSR count). The largest absolute Gasteiger partial charge is 0.478 e. The second-order valence-electron chi connectivity index (χ2n) is 4.71. The fraction of sp³-hybridized carbons (Fsp3) is 0.200. The fourth-order valence-electron chi connectivity index (χ4n) is 2.42. The summed E-state index contributed by atoms with van der Waals surface area (Å²) >= 11 is 1.61. The second kappa shape index (κ2) is 5.09. The van der Waals surface area contributed by atoms with E-state index in [0.717, 1.165) is 16.1 Å². The van der Waals surface area contributed by atoms with Crippen molar-refractivity contribution >= 4 is 28.9 Å². The molecule has 0 saturated heterocycles. The highest BCUT2D eigenvalue weighted by Gasteiger charge is 2.25. The first-order valence-corrected chi connectivity index (χ1v) is 7.22. The third-order valence-electron chi connectivity index (χ3n) is 3.42. The first kappa shape index (κ1) is 12.9. The van der Waals surface area contributed by atoms with Crippen LogP contribution < -0.4 is 4.90 Å². The number of carbonyl (C=O) groups is 2. The molecule has 0 fully saturated rings. The average Bonchev–Trinajstić information content (AvgIpc) is 2.94. The highest BCUT2D eigenvalue weighted by molar-refractivity contribution is 7.09. The summed E-state index contributed by atoms with van der Waals surface area (Å²) in [5.41, 5.74) is 2.04. The molecule has 0 atom stereocenters. The molecular formula is C15H13NO3S. The molecule has 0 spiro atoms. The molecule has 2 aromatic rings. The lowest BCUT2D eigenvalue weighted by Crippen LogP contribution is -2.34. The van der Waals surface area contributed by atoms with Crippen molar-refractivity contribution in [1.82, 2.24) is 0 Å². The van der Waals surface area contributed by atoms with E-state index < -0.39 is 5.97 Å². The maximum Gasteiger partial charge on any atom is 0.335 e. The number of anilines is 1. The zero-order valence-corrected chi connectivity index (χ0v) is 11.5. The topological polar surface area (TPSA) is 57.6 Å². The van der Waals surface area contributed by atoms with Gasteiger partial charge in [-0.3, -0.25) is 4.79 Å². The Balaban J connectivity index is 1.96. The van der Waals surface area contributed by atoms with E-state index in [9.17, 15) is 9.59 Å². The number of nitrogens with zero attached hydrogens (tertiary/aromatic N) is 1. The number of carboxylic acid groups (broad SMARTS) is 1. The molecule has 1 amide bonds. The number of hydrogen-bond acceptors (Lipinski definition) is 3. The molecule has 102 valence electrons. The minimum absolute atomic E-state index is 0.0916. The number of amides is 1. The van der Waals surface area contributed by atoms with Gasteiger partial charge in [0.2, 0.25) is 5.91 Å². The van der Waals surface area contributed by atoms with Gasteiger partial charge in [0.15, 0.2) is 0 Å². The molecule has 0 unspecified atom stereocenters. The molecule has 4 nitrogen and oxygen atoms in total. The highest BCUT2D eigenvalue weighted by atomic mass is 32.1. The van der Waals surface area contributed by atoms with Crippen molar-refractivity contribution in [2.75, 3.05) is 4.90 Å². The summed E-state index contributed by atoms with van der Waals surface area (Å²) in [6, 6.07) is 8.93. The lowest BCUT2D eigenvalue weighted by atomic mass is 9.98. The van der Waals surface area contributed by atoms with Crippen LogP contribution in [0.4, 0.5) is 5.69 Å². The summed E-state index contributed by atoms with van der Waals surface area (Å²) in [5.74, 6) is -0.844. The molecule has 0 aliphatic carbocycles. The smallest absolute Gasteiger partial charge is 0.335 e. The van der Waals surface area contributed by atoms with E-state index in [0.29, 0.717) is 19.4 Å². The van der Waals surface area contributed by atoms with E-state index in [1.807, 2.05) is 17.5 Å². The van der Waals surface area contributed by atoms with Gasteiger partial charge in [0.25, 0.3) is 0 Å². The summed E-state index contributed by atoms with van der Waals surface area (Å²) in [6.07, 6.45) is 1.04. The Hall–Kier alpha value is -2.14. The number of carbonyl (C=O) groups excluding carboxylic acids is 1. The predicted octanol–water partition coefficient (Wildman–Crippen LogP) is 2.93.